The van der Waals surface area contributed by atoms with Crippen molar-refractivity contribution in [2.45, 2.75) is 12.5 Å². The minimum absolute atomic E-state index is 0.339. The molecule has 3 rings (SSSR count). The molecule has 1 atom stereocenters. The lowest BCUT2D eigenvalue weighted by Gasteiger charge is -2.13. The molecule has 0 bridgehead atoms. The highest BCUT2D eigenvalue weighted by Crippen LogP contribution is 2.32. The second-order valence-electron chi connectivity index (χ2n) is 4.20. The average Bonchev–Trinajstić information content (AvgIpc) is 2.93. The summed E-state index contributed by atoms with van der Waals surface area (Å²) in [4.78, 5) is 6.92. The maximum atomic E-state index is 5.98. The molecule has 17 heavy (non-hydrogen) atoms. The first-order valence-electron chi connectivity index (χ1n) is 5.60. The number of thiazole rings is 1. The monoisotopic (exact) mass is 268 g/mol. The van der Waals surface area contributed by atoms with Crippen LogP contribution in [0, 0.1) is 0 Å². The van der Waals surface area contributed by atoms with Crippen molar-refractivity contribution in [2.75, 3.05) is 25.1 Å². The third-order valence-electron chi connectivity index (χ3n) is 3.09. The van der Waals surface area contributed by atoms with Gasteiger partial charge in [-0.15, -0.1) is 0 Å². The van der Waals surface area contributed by atoms with E-state index in [1.165, 1.54) is 0 Å². The molecule has 90 valence electrons. The van der Waals surface area contributed by atoms with Crippen LogP contribution < -0.4 is 4.90 Å². The lowest BCUT2D eigenvalue weighted by atomic mass is 10.3. The van der Waals surface area contributed by atoms with Crippen LogP contribution in [0.2, 0.25) is 5.02 Å². The molecule has 1 aliphatic rings. The lowest BCUT2D eigenvalue weighted by Crippen LogP contribution is -2.21. The SMILES string of the molecule is COC1CCN(c2nc3ccc(Cl)cc3s2)C1. The van der Waals surface area contributed by atoms with Gasteiger partial charge in [0.05, 0.1) is 16.3 Å². The molecule has 3 nitrogen and oxygen atoms in total. The van der Waals surface area contributed by atoms with E-state index in [9.17, 15) is 0 Å². The highest BCUT2D eigenvalue weighted by Gasteiger charge is 2.24. The number of nitrogens with zero attached hydrogens (tertiary/aromatic N) is 2. The molecular formula is C12H13ClN2OS. The van der Waals surface area contributed by atoms with E-state index in [0.717, 1.165) is 39.9 Å². The predicted octanol–water partition coefficient (Wildman–Crippen LogP) is 3.17. The van der Waals surface area contributed by atoms with E-state index in [0.29, 0.717) is 6.10 Å². The molecule has 1 saturated heterocycles. The third kappa shape index (κ3) is 2.12. The van der Waals surface area contributed by atoms with E-state index < -0.39 is 0 Å². The summed E-state index contributed by atoms with van der Waals surface area (Å²) in [5.41, 5.74) is 1.02. The van der Waals surface area contributed by atoms with Crippen molar-refractivity contribution in [1.82, 2.24) is 4.98 Å². The van der Waals surface area contributed by atoms with Gasteiger partial charge in [-0.1, -0.05) is 22.9 Å². The zero-order valence-corrected chi connectivity index (χ0v) is 11.1. The normalized spacial score (nSPS) is 20.4. The topological polar surface area (TPSA) is 25.4 Å². The number of halogens is 1. The smallest absolute Gasteiger partial charge is 0.186 e. The molecular weight excluding hydrogens is 256 g/mol. The van der Waals surface area contributed by atoms with Gasteiger partial charge in [0, 0.05) is 25.2 Å². The average molecular weight is 269 g/mol. The maximum absolute atomic E-state index is 5.98. The van der Waals surface area contributed by atoms with Crippen LogP contribution in [0.4, 0.5) is 5.13 Å². The van der Waals surface area contributed by atoms with Gasteiger partial charge < -0.3 is 9.64 Å². The van der Waals surface area contributed by atoms with E-state index in [4.69, 9.17) is 16.3 Å². The molecule has 2 heterocycles. The van der Waals surface area contributed by atoms with Crippen LogP contribution in [0.1, 0.15) is 6.42 Å². The number of hydrogen-bond donors (Lipinski definition) is 0. The maximum Gasteiger partial charge on any atom is 0.186 e. The molecule has 0 spiro atoms. The quantitative estimate of drug-likeness (QED) is 0.837. The minimum Gasteiger partial charge on any atom is -0.380 e. The number of anilines is 1. The zero-order valence-electron chi connectivity index (χ0n) is 9.52. The molecule has 1 aliphatic heterocycles. The molecule has 0 saturated carbocycles. The van der Waals surface area contributed by atoms with Gasteiger partial charge in [-0.2, -0.15) is 0 Å². The number of methoxy groups -OCH3 is 1. The fraction of sp³-hybridized carbons (Fsp3) is 0.417. The van der Waals surface area contributed by atoms with Crippen LogP contribution in [0.15, 0.2) is 18.2 Å². The summed E-state index contributed by atoms with van der Waals surface area (Å²) in [6, 6.07) is 5.83. The van der Waals surface area contributed by atoms with Crippen LogP contribution >= 0.6 is 22.9 Å². The Morgan fingerprint density at radius 1 is 1.53 bits per heavy atom. The first kappa shape index (κ1) is 11.3. The zero-order chi connectivity index (χ0) is 11.8. The molecule has 1 aromatic heterocycles. The summed E-state index contributed by atoms with van der Waals surface area (Å²) in [5, 5.41) is 1.84. The van der Waals surface area contributed by atoms with Crippen molar-refractivity contribution >= 4 is 38.3 Å². The van der Waals surface area contributed by atoms with Crippen LogP contribution in [0.3, 0.4) is 0 Å². The fourth-order valence-electron chi connectivity index (χ4n) is 2.12. The lowest BCUT2D eigenvalue weighted by molar-refractivity contribution is 0.121. The van der Waals surface area contributed by atoms with Crippen LogP contribution in [-0.2, 0) is 4.74 Å². The Bertz CT molecular complexity index is 542. The van der Waals surface area contributed by atoms with Gasteiger partial charge in [0.1, 0.15) is 0 Å². The molecule has 0 aliphatic carbocycles. The summed E-state index contributed by atoms with van der Waals surface area (Å²) in [7, 11) is 1.77. The summed E-state index contributed by atoms with van der Waals surface area (Å²) < 4.78 is 6.52. The van der Waals surface area contributed by atoms with Crippen LogP contribution in [0.5, 0.6) is 0 Å². The molecule has 2 aromatic rings. The Kier molecular flexibility index (Phi) is 2.94. The molecule has 5 heteroatoms. The van der Waals surface area contributed by atoms with Crippen LogP contribution in [-0.4, -0.2) is 31.3 Å². The van der Waals surface area contributed by atoms with Gasteiger partial charge in [0.15, 0.2) is 5.13 Å². The second-order valence-corrected chi connectivity index (χ2v) is 5.65. The van der Waals surface area contributed by atoms with E-state index in [1.54, 1.807) is 18.4 Å². The van der Waals surface area contributed by atoms with E-state index in [2.05, 4.69) is 9.88 Å². The molecule has 1 fully saturated rings. The summed E-state index contributed by atoms with van der Waals surface area (Å²) >= 11 is 7.67. The van der Waals surface area contributed by atoms with Crippen molar-refractivity contribution in [1.29, 1.82) is 0 Å². The molecule has 1 aromatic carbocycles. The molecule has 1 unspecified atom stereocenters. The van der Waals surface area contributed by atoms with Gasteiger partial charge in [0.25, 0.3) is 0 Å². The highest BCUT2D eigenvalue weighted by atomic mass is 35.5. The molecule has 0 N–H and O–H groups in total. The van der Waals surface area contributed by atoms with Gasteiger partial charge in [-0.05, 0) is 24.6 Å². The molecule has 0 radical (unpaired) electrons. The first-order chi connectivity index (χ1) is 8.26. The summed E-state index contributed by atoms with van der Waals surface area (Å²) in [6.45, 7) is 1.95. The number of ether oxygens (including phenoxy) is 1. The Morgan fingerprint density at radius 2 is 2.41 bits per heavy atom. The number of benzene rings is 1. The number of hydrogen-bond acceptors (Lipinski definition) is 4. The summed E-state index contributed by atoms with van der Waals surface area (Å²) in [6.07, 6.45) is 1.42. The number of fused-ring (bicyclic) bond motifs is 1. The van der Waals surface area contributed by atoms with Crippen molar-refractivity contribution in [3.05, 3.63) is 23.2 Å². The molecule has 0 amide bonds. The van der Waals surface area contributed by atoms with E-state index in [-0.39, 0.29) is 0 Å². The predicted molar refractivity (Wildman–Crippen MR) is 72.3 cm³/mol. The van der Waals surface area contributed by atoms with Gasteiger partial charge >= 0.3 is 0 Å². The largest absolute Gasteiger partial charge is 0.380 e. The Labute approximate surface area is 109 Å². The summed E-state index contributed by atoms with van der Waals surface area (Å²) in [5.74, 6) is 0. The van der Waals surface area contributed by atoms with Crippen molar-refractivity contribution < 1.29 is 4.74 Å². The second kappa shape index (κ2) is 4.44. The van der Waals surface area contributed by atoms with Crippen molar-refractivity contribution in [3.8, 4) is 0 Å². The van der Waals surface area contributed by atoms with Crippen LogP contribution in [0.25, 0.3) is 10.2 Å². The van der Waals surface area contributed by atoms with Crippen molar-refractivity contribution in [2.24, 2.45) is 0 Å². The Balaban J connectivity index is 1.91. The van der Waals surface area contributed by atoms with E-state index in [1.807, 2.05) is 18.2 Å². The minimum atomic E-state index is 0.339. The standard InChI is InChI=1S/C12H13ClN2OS/c1-16-9-4-5-15(7-9)12-14-10-3-2-8(13)6-11(10)17-12/h2-3,6,9H,4-5,7H2,1H3. The van der Waals surface area contributed by atoms with Gasteiger partial charge in [-0.3, -0.25) is 0 Å². The van der Waals surface area contributed by atoms with Gasteiger partial charge in [-0.25, -0.2) is 4.98 Å². The van der Waals surface area contributed by atoms with E-state index >= 15 is 0 Å². The Morgan fingerprint density at radius 3 is 3.18 bits per heavy atom. The first-order valence-corrected chi connectivity index (χ1v) is 6.79. The number of aromatic nitrogens is 1. The third-order valence-corrected chi connectivity index (χ3v) is 4.40. The number of rotatable bonds is 2. The Hall–Kier alpha value is -0.840. The highest BCUT2D eigenvalue weighted by molar-refractivity contribution is 7.22. The fourth-order valence-corrected chi connectivity index (χ4v) is 3.39. The van der Waals surface area contributed by atoms with Gasteiger partial charge in [0.2, 0.25) is 0 Å². The van der Waals surface area contributed by atoms with Crippen molar-refractivity contribution in [3.63, 3.8) is 0 Å².